The number of hydrogen-bond donors (Lipinski definition) is 0. The minimum atomic E-state index is 0.650. The summed E-state index contributed by atoms with van der Waals surface area (Å²) in [5.41, 5.74) is 1.32. The van der Waals surface area contributed by atoms with Gasteiger partial charge in [-0.15, -0.1) is 0 Å². The number of hydrogen-bond acceptors (Lipinski definition) is 5. The number of likely N-dealkylation sites (tertiary alicyclic amines) is 1. The number of ether oxygens (including phenoxy) is 2. The molecule has 0 N–H and O–H groups in total. The number of piperidine rings is 1. The van der Waals surface area contributed by atoms with Crippen LogP contribution in [0.15, 0.2) is 24.3 Å². The molecular weight excluding hydrogens is 326 g/mol. The average molecular weight is 362 g/mol. The van der Waals surface area contributed by atoms with Crippen LogP contribution in [0, 0.1) is 0 Å². The van der Waals surface area contributed by atoms with Gasteiger partial charge in [-0.1, -0.05) is 24.6 Å². The van der Waals surface area contributed by atoms with Crippen molar-refractivity contribution >= 4 is 0 Å². The van der Waals surface area contributed by atoms with E-state index in [9.17, 15) is 0 Å². The number of nitrogens with zero attached hydrogens (tertiary/aromatic N) is 3. The zero-order valence-corrected chi connectivity index (χ0v) is 16.5. The molecule has 1 aromatic carbocycles. The summed E-state index contributed by atoms with van der Waals surface area (Å²) in [5.74, 6) is 1.05. The van der Waals surface area contributed by atoms with Gasteiger partial charge in [0, 0.05) is 44.3 Å². The van der Waals surface area contributed by atoms with E-state index in [4.69, 9.17) is 9.47 Å². The Morgan fingerprint density at radius 1 is 1.12 bits per heavy atom. The van der Waals surface area contributed by atoms with E-state index in [2.05, 4.69) is 53.1 Å². The van der Waals surface area contributed by atoms with Gasteiger partial charge in [0.1, 0.15) is 12.4 Å². The smallest absolute Gasteiger partial charge is 0.123 e. The van der Waals surface area contributed by atoms with Crippen LogP contribution >= 0.6 is 0 Å². The quantitative estimate of drug-likeness (QED) is 0.709. The lowest BCUT2D eigenvalue weighted by molar-refractivity contribution is 0.0152. The first kappa shape index (κ1) is 19.6. The van der Waals surface area contributed by atoms with Crippen LogP contribution in [0.2, 0.25) is 0 Å². The van der Waals surface area contributed by atoms with Crippen LogP contribution in [-0.4, -0.2) is 87.4 Å². The summed E-state index contributed by atoms with van der Waals surface area (Å²) in [5, 5.41) is 0. The van der Waals surface area contributed by atoms with Gasteiger partial charge in [0.2, 0.25) is 0 Å². The second kappa shape index (κ2) is 10.3. The minimum absolute atomic E-state index is 0.650. The number of para-hydroxylation sites is 1. The Labute approximate surface area is 158 Å². The van der Waals surface area contributed by atoms with Crippen molar-refractivity contribution < 1.29 is 9.47 Å². The Hall–Kier alpha value is -1.14. The van der Waals surface area contributed by atoms with Crippen molar-refractivity contribution in [3.05, 3.63) is 29.8 Å². The average Bonchev–Trinajstić information content (AvgIpc) is 2.65. The molecule has 0 spiro atoms. The van der Waals surface area contributed by atoms with Crippen LogP contribution in [0.1, 0.15) is 24.8 Å². The summed E-state index contributed by atoms with van der Waals surface area (Å²) < 4.78 is 11.6. The van der Waals surface area contributed by atoms with Crippen molar-refractivity contribution in [1.82, 2.24) is 14.7 Å². The fraction of sp³-hybridized carbons (Fsp3) is 0.714. The molecule has 0 amide bonds. The third kappa shape index (κ3) is 5.95. The monoisotopic (exact) mass is 361 g/mol. The van der Waals surface area contributed by atoms with Crippen molar-refractivity contribution in [2.75, 3.05) is 66.6 Å². The number of rotatable bonds is 8. The summed E-state index contributed by atoms with van der Waals surface area (Å²) in [4.78, 5) is 7.41. The Balaban J connectivity index is 1.60. The summed E-state index contributed by atoms with van der Waals surface area (Å²) in [6, 6.07) is 9.21. The van der Waals surface area contributed by atoms with Gasteiger partial charge in [-0.2, -0.15) is 0 Å². The van der Waals surface area contributed by atoms with Crippen LogP contribution < -0.4 is 4.74 Å². The Morgan fingerprint density at radius 2 is 1.92 bits per heavy atom. The molecule has 26 heavy (non-hydrogen) atoms. The lowest BCUT2D eigenvalue weighted by Crippen LogP contribution is -2.49. The Kier molecular flexibility index (Phi) is 7.74. The van der Waals surface area contributed by atoms with Crippen LogP contribution in [-0.2, 0) is 11.3 Å². The molecule has 0 radical (unpaired) electrons. The van der Waals surface area contributed by atoms with Crippen molar-refractivity contribution in [2.24, 2.45) is 0 Å². The van der Waals surface area contributed by atoms with Gasteiger partial charge < -0.3 is 14.4 Å². The molecule has 2 fully saturated rings. The molecule has 146 valence electrons. The molecule has 0 bridgehead atoms. The van der Waals surface area contributed by atoms with Gasteiger partial charge in [-0.05, 0) is 39.5 Å². The van der Waals surface area contributed by atoms with Crippen molar-refractivity contribution in [3.8, 4) is 5.75 Å². The second-order valence-corrected chi connectivity index (χ2v) is 7.79. The van der Waals surface area contributed by atoms with E-state index in [1.165, 1.54) is 37.9 Å². The molecule has 1 aromatic rings. The SMILES string of the molecule is CN(C)CCOc1ccccc1CN1CCCC[C@@H]1CN1CCOCC1. The van der Waals surface area contributed by atoms with Crippen LogP contribution in [0.5, 0.6) is 5.75 Å². The molecule has 2 aliphatic rings. The third-order valence-electron chi connectivity index (χ3n) is 5.46. The highest BCUT2D eigenvalue weighted by Crippen LogP contribution is 2.25. The molecule has 3 rings (SSSR count). The summed E-state index contributed by atoms with van der Waals surface area (Å²) >= 11 is 0. The predicted molar refractivity (Wildman–Crippen MR) is 106 cm³/mol. The highest BCUT2D eigenvalue weighted by atomic mass is 16.5. The van der Waals surface area contributed by atoms with Gasteiger partial charge in [-0.3, -0.25) is 9.80 Å². The minimum Gasteiger partial charge on any atom is -0.492 e. The summed E-state index contributed by atoms with van der Waals surface area (Å²) in [6.07, 6.45) is 3.97. The highest BCUT2D eigenvalue weighted by molar-refractivity contribution is 5.33. The molecule has 2 aliphatic heterocycles. The molecule has 5 heteroatoms. The van der Waals surface area contributed by atoms with Gasteiger partial charge in [0.05, 0.1) is 13.2 Å². The molecule has 0 unspecified atom stereocenters. The zero-order chi connectivity index (χ0) is 18.2. The molecule has 2 saturated heterocycles. The van der Waals surface area contributed by atoms with Crippen molar-refractivity contribution in [1.29, 1.82) is 0 Å². The number of likely N-dealkylation sites (N-methyl/N-ethyl adjacent to an activating group) is 1. The zero-order valence-electron chi connectivity index (χ0n) is 16.5. The van der Waals surface area contributed by atoms with E-state index in [0.29, 0.717) is 6.04 Å². The molecule has 0 aliphatic carbocycles. The van der Waals surface area contributed by atoms with E-state index in [0.717, 1.165) is 51.7 Å². The van der Waals surface area contributed by atoms with Crippen LogP contribution in [0.3, 0.4) is 0 Å². The standard InChI is InChI=1S/C21H35N3O2/c1-22(2)11-16-26-21-9-4-3-7-19(21)17-24-10-6-5-8-20(24)18-23-12-14-25-15-13-23/h3-4,7,9,20H,5-6,8,10-18H2,1-2H3/t20-/m1/s1. The van der Waals surface area contributed by atoms with Gasteiger partial charge >= 0.3 is 0 Å². The van der Waals surface area contributed by atoms with Gasteiger partial charge in [-0.25, -0.2) is 0 Å². The van der Waals surface area contributed by atoms with Crippen LogP contribution in [0.4, 0.5) is 0 Å². The first-order chi connectivity index (χ1) is 12.7. The van der Waals surface area contributed by atoms with E-state index in [1.54, 1.807) is 0 Å². The topological polar surface area (TPSA) is 28.2 Å². The second-order valence-electron chi connectivity index (χ2n) is 7.79. The molecule has 2 heterocycles. The van der Waals surface area contributed by atoms with E-state index < -0.39 is 0 Å². The first-order valence-electron chi connectivity index (χ1n) is 10.1. The highest BCUT2D eigenvalue weighted by Gasteiger charge is 2.26. The molecule has 0 aromatic heterocycles. The molecule has 0 saturated carbocycles. The lowest BCUT2D eigenvalue weighted by Gasteiger charge is -2.39. The summed E-state index contributed by atoms with van der Waals surface area (Å²) in [6.45, 7) is 8.97. The Bertz CT molecular complexity index is 532. The Morgan fingerprint density at radius 3 is 2.73 bits per heavy atom. The molecular formula is C21H35N3O2. The van der Waals surface area contributed by atoms with Crippen molar-refractivity contribution in [2.45, 2.75) is 31.8 Å². The van der Waals surface area contributed by atoms with E-state index in [1.807, 2.05) is 0 Å². The largest absolute Gasteiger partial charge is 0.492 e. The van der Waals surface area contributed by atoms with Gasteiger partial charge in [0.25, 0.3) is 0 Å². The van der Waals surface area contributed by atoms with Crippen LogP contribution in [0.25, 0.3) is 0 Å². The first-order valence-corrected chi connectivity index (χ1v) is 10.1. The number of benzene rings is 1. The third-order valence-corrected chi connectivity index (χ3v) is 5.46. The normalized spacial score (nSPS) is 22.7. The van der Waals surface area contributed by atoms with E-state index >= 15 is 0 Å². The predicted octanol–water partition coefficient (Wildman–Crippen LogP) is 2.31. The lowest BCUT2D eigenvalue weighted by atomic mass is 10.00. The molecule has 1 atom stereocenters. The van der Waals surface area contributed by atoms with E-state index in [-0.39, 0.29) is 0 Å². The van der Waals surface area contributed by atoms with Crippen molar-refractivity contribution in [3.63, 3.8) is 0 Å². The molecule has 5 nitrogen and oxygen atoms in total. The maximum Gasteiger partial charge on any atom is 0.123 e. The number of morpholine rings is 1. The maximum absolute atomic E-state index is 6.08. The van der Waals surface area contributed by atoms with Gasteiger partial charge in [0.15, 0.2) is 0 Å². The maximum atomic E-state index is 6.08. The summed E-state index contributed by atoms with van der Waals surface area (Å²) in [7, 11) is 4.17. The fourth-order valence-corrected chi connectivity index (χ4v) is 3.89. The fourth-order valence-electron chi connectivity index (χ4n) is 3.89.